The maximum Gasteiger partial charge on any atom is 0.150 e. The molecule has 1 fully saturated rings. The number of anilines is 1. The lowest BCUT2D eigenvalue weighted by Gasteiger charge is -2.37. The van der Waals surface area contributed by atoms with Gasteiger partial charge in [-0.05, 0) is 58.5 Å². The first-order chi connectivity index (χ1) is 10.0. The van der Waals surface area contributed by atoms with Crippen molar-refractivity contribution in [3.63, 3.8) is 0 Å². The first kappa shape index (κ1) is 14.4. The quantitative estimate of drug-likeness (QED) is 0.795. The highest BCUT2D eigenvalue weighted by Gasteiger charge is 2.31. The van der Waals surface area contributed by atoms with Crippen LogP contribution >= 0.6 is 15.9 Å². The van der Waals surface area contributed by atoms with E-state index in [4.69, 9.17) is 0 Å². The van der Waals surface area contributed by atoms with Crippen molar-refractivity contribution in [1.29, 1.82) is 0 Å². The van der Waals surface area contributed by atoms with Gasteiger partial charge >= 0.3 is 0 Å². The molecule has 1 aliphatic carbocycles. The summed E-state index contributed by atoms with van der Waals surface area (Å²) in [6.07, 6.45) is 1.60. The van der Waals surface area contributed by atoms with E-state index in [0.717, 1.165) is 24.5 Å². The van der Waals surface area contributed by atoms with Crippen molar-refractivity contribution in [3.8, 4) is 0 Å². The summed E-state index contributed by atoms with van der Waals surface area (Å²) in [6, 6.07) is 8.75. The summed E-state index contributed by atoms with van der Waals surface area (Å²) in [5.41, 5.74) is 1.24. The molecule has 0 aliphatic heterocycles. The predicted molar refractivity (Wildman–Crippen MR) is 79.8 cm³/mol. The molecule has 2 aromatic carbocycles. The Hall–Kier alpha value is -1.49. The SMILES string of the molecule is Fc1cccc(C2CC(Nc3c(F)cc(F)cc3Br)C2)c1. The number of halogens is 4. The average Bonchev–Trinajstić information content (AvgIpc) is 2.35. The van der Waals surface area contributed by atoms with Crippen molar-refractivity contribution < 1.29 is 13.2 Å². The van der Waals surface area contributed by atoms with Crippen molar-refractivity contribution in [2.24, 2.45) is 0 Å². The molecular weight excluding hydrogens is 343 g/mol. The second-order valence-corrected chi connectivity index (χ2v) is 6.16. The molecule has 1 aliphatic rings. The Balaban J connectivity index is 1.65. The molecule has 1 saturated carbocycles. The predicted octanol–water partition coefficient (Wildman–Crippen LogP) is 5.22. The van der Waals surface area contributed by atoms with Crippen molar-refractivity contribution in [3.05, 3.63) is 63.9 Å². The molecule has 21 heavy (non-hydrogen) atoms. The molecule has 1 nitrogen and oxygen atoms in total. The first-order valence-corrected chi connectivity index (χ1v) is 7.49. The van der Waals surface area contributed by atoms with Gasteiger partial charge < -0.3 is 5.32 Å². The van der Waals surface area contributed by atoms with Crippen LogP contribution in [0.15, 0.2) is 40.9 Å². The maximum absolute atomic E-state index is 13.7. The van der Waals surface area contributed by atoms with Crippen LogP contribution in [-0.4, -0.2) is 6.04 Å². The lowest BCUT2D eigenvalue weighted by molar-refractivity contribution is 0.371. The molecule has 0 saturated heterocycles. The summed E-state index contributed by atoms with van der Waals surface area (Å²) in [5.74, 6) is -1.19. The molecule has 0 unspecified atom stereocenters. The second kappa shape index (κ2) is 5.72. The van der Waals surface area contributed by atoms with E-state index in [1.54, 1.807) is 6.07 Å². The second-order valence-electron chi connectivity index (χ2n) is 5.31. The number of rotatable bonds is 3. The standard InChI is InChI=1S/C16H13BrF3N/c17-14-7-12(19)8-15(20)16(14)21-13-5-10(6-13)9-2-1-3-11(18)4-9/h1-4,7-8,10,13,21H,5-6H2. The normalized spacial score (nSPS) is 21.0. The van der Waals surface area contributed by atoms with Crippen LogP contribution < -0.4 is 5.32 Å². The topological polar surface area (TPSA) is 12.0 Å². The molecule has 0 heterocycles. The highest BCUT2D eigenvalue weighted by molar-refractivity contribution is 9.10. The minimum Gasteiger partial charge on any atom is -0.379 e. The van der Waals surface area contributed by atoms with Crippen molar-refractivity contribution >= 4 is 21.6 Å². The summed E-state index contributed by atoms with van der Waals surface area (Å²) in [4.78, 5) is 0. The van der Waals surface area contributed by atoms with Gasteiger partial charge in [-0.15, -0.1) is 0 Å². The Morgan fingerprint density at radius 1 is 1.00 bits per heavy atom. The summed E-state index contributed by atoms with van der Waals surface area (Å²) < 4.78 is 40.3. The van der Waals surface area contributed by atoms with Gasteiger partial charge in [0.1, 0.15) is 17.5 Å². The summed E-state index contributed by atoms with van der Waals surface area (Å²) in [7, 11) is 0. The van der Waals surface area contributed by atoms with Crippen molar-refractivity contribution in [1.82, 2.24) is 0 Å². The van der Waals surface area contributed by atoms with Crippen LogP contribution in [0.5, 0.6) is 0 Å². The number of hydrogen-bond donors (Lipinski definition) is 1. The van der Waals surface area contributed by atoms with Crippen LogP contribution in [0.1, 0.15) is 24.3 Å². The smallest absolute Gasteiger partial charge is 0.150 e. The van der Waals surface area contributed by atoms with E-state index in [1.165, 1.54) is 18.2 Å². The van der Waals surface area contributed by atoms with E-state index in [0.29, 0.717) is 4.47 Å². The van der Waals surface area contributed by atoms with Gasteiger partial charge in [0.25, 0.3) is 0 Å². The zero-order valence-corrected chi connectivity index (χ0v) is 12.6. The van der Waals surface area contributed by atoms with Gasteiger partial charge in [-0.2, -0.15) is 0 Å². The Morgan fingerprint density at radius 3 is 2.43 bits per heavy atom. The Labute approximate surface area is 129 Å². The molecule has 3 rings (SSSR count). The molecule has 110 valence electrons. The molecule has 0 aromatic heterocycles. The third kappa shape index (κ3) is 3.07. The van der Waals surface area contributed by atoms with Crippen LogP contribution in [0.4, 0.5) is 18.9 Å². The highest BCUT2D eigenvalue weighted by Crippen LogP contribution is 2.40. The van der Waals surface area contributed by atoms with E-state index < -0.39 is 11.6 Å². The molecule has 2 aromatic rings. The Bertz CT molecular complexity index is 645. The van der Waals surface area contributed by atoms with Crippen LogP contribution in [-0.2, 0) is 0 Å². The molecule has 0 bridgehead atoms. The van der Waals surface area contributed by atoms with Gasteiger partial charge in [-0.25, -0.2) is 13.2 Å². The van der Waals surface area contributed by atoms with Crippen molar-refractivity contribution in [2.45, 2.75) is 24.8 Å². The zero-order chi connectivity index (χ0) is 15.0. The molecule has 5 heteroatoms. The fraction of sp³-hybridized carbons (Fsp3) is 0.250. The van der Waals surface area contributed by atoms with Gasteiger partial charge in [0, 0.05) is 16.6 Å². The summed E-state index contributed by atoms with van der Waals surface area (Å²) in [5, 5.41) is 3.07. The maximum atomic E-state index is 13.7. The largest absolute Gasteiger partial charge is 0.379 e. The van der Waals surface area contributed by atoms with Crippen LogP contribution in [0, 0.1) is 17.5 Å². The van der Waals surface area contributed by atoms with Gasteiger partial charge in [0.15, 0.2) is 0 Å². The minimum atomic E-state index is -0.615. The fourth-order valence-corrected chi connectivity index (χ4v) is 3.18. The molecule has 0 spiro atoms. The highest BCUT2D eigenvalue weighted by atomic mass is 79.9. The van der Waals surface area contributed by atoms with E-state index in [9.17, 15) is 13.2 Å². The molecule has 1 N–H and O–H groups in total. The fourth-order valence-electron chi connectivity index (χ4n) is 2.65. The number of nitrogens with one attached hydrogen (secondary N) is 1. The van der Waals surface area contributed by atoms with Gasteiger partial charge in [0.2, 0.25) is 0 Å². The van der Waals surface area contributed by atoms with Gasteiger partial charge in [0.05, 0.1) is 5.69 Å². The first-order valence-electron chi connectivity index (χ1n) is 6.69. The lowest BCUT2D eigenvalue weighted by atomic mass is 9.76. The molecule has 0 amide bonds. The average molecular weight is 356 g/mol. The minimum absolute atomic E-state index is 0.106. The third-order valence-electron chi connectivity index (χ3n) is 3.81. The third-order valence-corrected chi connectivity index (χ3v) is 4.44. The van der Waals surface area contributed by atoms with E-state index in [2.05, 4.69) is 21.2 Å². The van der Waals surface area contributed by atoms with Gasteiger partial charge in [-0.1, -0.05) is 12.1 Å². The Morgan fingerprint density at radius 2 is 1.76 bits per heavy atom. The van der Waals surface area contributed by atoms with E-state index in [1.807, 2.05) is 6.07 Å². The Kier molecular flexibility index (Phi) is 3.93. The lowest BCUT2D eigenvalue weighted by Crippen LogP contribution is -2.34. The van der Waals surface area contributed by atoms with Crippen LogP contribution in [0.3, 0.4) is 0 Å². The number of benzene rings is 2. The van der Waals surface area contributed by atoms with E-state index >= 15 is 0 Å². The number of hydrogen-bond acceptors (Lipinski definition) is 1. The van der Waals surface area contributed by atoms with Crippen LogP contribution in [0.25, 0.3) is 0 Å². The van der Waals surface area contributed by atoms with E-state index in [-0.39, 0.29) is 23.5 Å². The molecular formula is C16H13BrF3N. The van der Waals surface area contributed by atoms with Gasteiger partial charge in [-0.3, -0.25) is 0 Å². The molecule has 0 radical (unpaired) electrons. The molecule has 0 atom stereocenters. The monoisotopic (exact) mass is 355 g/mol. The summed E-state index contributed by atoms with van der Waals surface area (Å²) in [6.45, 7) is 0. The van der Waals surface area contributed by atoms with Crippen molar-refractivity contribution in [2.75, 3.05) is 5.32 Å². The zero-order valence-electron chi connectivity index (χ0n) is 11.0. The summed E-state index contributed by atoms with van der Waals surface area (Å²) >= 11 is 3.16. The van der Waals surface area contributed by atoms with Crippen LogP contribution in [0.2, 0.25) is 0 Å².